The number of carbonyl (C=O) groups excluding carboxylic acids is 2. The third kappa shape index (κ3) is 3.24. The van der Waals surface area contributed by atoms with Gasteiger partial charge in [-0.15, -0.1) is 11.8 Å². The van der Waals surface area contributed by atoms with Crippen molar-refractivity contribution in [2.24, 2.45) is 5.92 Å². The van der Waals surface area contributed by atoms with Crippen molar-refractivity contribution in [3.63, 3.8) is 0 Å². The van der Waals surface area contributed by atoms with E-state index in [0.717, 1.165) is 25.9 Å². The number of hydrogen-bond acceptors (Lipinski definition) is 4. The van der Waals surface area contributed by atoms with Crippen LogP contribution in [0.25, 0.3) is 0 Å². The zero-order valence-corrected chi connectivity index (χ0v) is 15.3. The molecule has 0 radical (unpaired) electrons. The molecule has 134 valence electrons. The number of cyclic esters (lactones) is 1. The lowest BCUT2D eigenvalue weighted by Gasteiger charge is -2.45. The number of nitrogens with zero attached hydrogens (tertiary/aromatic N) is 1. The maximum absolute atomic E-state index is 12.7. The topological polar surface area (TPSA) is 58.6 Å². The molecule has 2 saturated heterocycles. The Morgan fingerprint density at radius 3 is 2.48 bits per heavy atom. The standard InChI is InChI=1S/C19H24N2O3S/c1-25-16-4-2-13(3-5-16)14-6-8-21(9-7-14)17(22)15-10-19(11-15)12-24-18(23)20-19/h2-5,14-15H,6-12H2,1H3,(H,20,23)/t15-,19+. The highest BCUT2D eigenvalue weighted by atomic mass is 32.2. The van der Waals surface area contributed by atoms with Gasteiger partial charge in [0.1, 0.15) is 6.61 Å². The van der Waals surface area contributed by atoms with Crippen LogP contribution in [0.3, 0.4) is 0 Å². The SMILES string of the molecule is CSc1ccc(C2CCN(C(=O)[C@H]3C[C@]4(COC(=O)N4)C3)CC2)cc1. The van der Waals surface area contributed by atoms with Gasteiger partial charge in [-0.2, -0.15) is 0 Å². The number of amides is 2. The Balaban J connectivity index is 1.28. The quantitative estimate of drug-likeness (QED) is 0.842. The van der Waals surface area contributed by atoms with E-state index in [-0.39, 0.29) is 23.5 Å². The zero-order valence-electron chi connectivity index (χ0n) is 14.5. The van der Waals surface area contributed by atoms with Crippen LogP contribution in [0.4, 0.5) is 4.79 Å². The highest BCUT2D eigenvalue weighted by molar-refractivity contribution is 7.98. The molecule has 0 atom stereocenters. The van der Waals surface area contributed by atoms with E-state index < -0.39 is 0 Å². The normalized spacial score (nSPS) is 29.2. The van der Waals surface area contributed by atoms with Crippen molar-refractivity contribution in [3.8, 4) is 0 Å². The smallest absolute Gasteiger partial charge is 0.407 e. The fourth-order valence-electron chi connectivity index (χ4n) is 4.34. The minimum Gasteiger partial charge on any atom is -0.447 e. The summed E-state index contributed by atoms with van der Waals surface area (Å²) in [6.07, 6.45) is 5.23. The van der Waals surface area contributed by atoms with Gasteiger partial charge in [0.15, 0.2) is 0 Å². The number of likely N-dealkylation sites (tertiary alicyclic amines) is 1. The number of piperidine rings is 1. The Morgan fingerprint density at radius 2 is 1.92 bits per heavy atom. The van der Waals surface area contributed by atoms with Crippen LogP contribution in [0.2, 0.25) is 0 Å². The summed E-state index contributed by atoms with van der Waals surface area (Å²) in [6.45, 7) is 2.07. The number of alkyl carbamates (subject to hydrolysis) is 1. The van der Waals surface area contributed by atoms with Gasteiger partial charge >= 0.3 is 6.09 Å². The minimum absolute atomic E-state index is 0.0411. The fraction of sp³-hybridized carbons (Fsp3) is 0.579. The van der Waals surface area contributed by atoms with Crippen molar-refractivity contribution in [1.82, 2.24) is 10.2 Å². The molecule has 5 nitrogen and oxygen atoms in total. The third-order valence-corrected chi connectivity index (χ3v) is 6.61. The van der Waals surface area contributed by atoms with E-state index in [1.54, 1.807) is 11.8 Å². The summed E-state index contributed by atoms with van der Waals surface area (Å²) in [6, 6.07) is 8.82. The molecule has 1 aromatic rings. The lowest BCUT2D eigenvalue weighted by Crippen LogP contribution is -2.58. The van der Waals surface area contributed by atoms with E-state index in [9.17, 15) is 9.59 Å². The summed E-state index contributed by atoms with van der Waals surface area (Å²) in [4.78, 5) is 27.2. The molecule has 0 unspecified atom stereocenters. The van der Waals surface area contributed by atoms with Crippen LogP contribution in [0, 0.1) is 5.92 Å². The Bertz CT molecular complexity index is 662. The Kier molecular flexibility index (Phi) is 4.40. The molecule has 6 heteroatoms. The van der Waals surface area contributed by atoms with Crippen molar-refractivity contribution >= 4 is 23.8 Å². The average molecular weight is 360 g/mol. The number of thioether (sulfide) groups is 1. The molecule has 0 bridgehead atoms. The number of benzene rings is 1. The van der Waals surface area contributed by atoms with Crippen LogP contribution >= 0.6 is 11.8 Å². The predicted octanol–water partition coefficient (Wildman–Crippen LogP) is 3.00. The summed E-state index contributed by atoms with van der Waals surface area (Å²) in [5, 5.41) is 2.86. The number of carbonyl (C=O) groups is 2. The molecule has 4 rings (SSSR count). The lowest BCUT2D eigenvalue weighted by atomic mass is 9.68. The van der Waals surface area contributed by atoms with Crippen molar-refractivity contribution in [1.29, 1.82) is 0 Å². The van der Waals surface area contributed by atoms with Crippen LogP contribution in [0.15, 0.2) is 29.2 Å². The zero-order chi connectivity index (χ0) is 17.4. The largest absolute Gasteiger partial charge is 0.447 e. The second kappa shape index (κ2) is 6.56. The molecule has 0 aromatic heterocycles. The van der Waals surface area contributed by atoms with Gasteiger partial charge in [0.05, 0.1) is 5.54 Å². The van der Waals surface area contributed by atoms with Crippen molar-refractivity contribution in [3.05, 3.63) is 29.8 Å². The summed E-state index contributed by atoms with van der Waals surface area (Å²) in [7, 11) is 0. The minimum atomic E-state index is -0.348. The Hall–Kier alpha value is -1.69. The van der Waals surface area contributed by atoms with Crippen LogP contribution in [0.1, 0.15) is 37.2 Å². The molecule has 1 aromatic carbocycles. The Labute approximate surface area is 152 Å². The first-order chi connectivity index (χ1) is 12.1. The number of ether oxygens (including phenoxy) is 1. The van der Waals surface area contributed by atoms with Crippen molar-refractivity contribution in [2.75, 3.05) is 26.0 Å². The van der Waals surface area contributed by atoms with E-state index in [2.05, 4.69) is 35.8 Å². The summed E-state index contributed by atoms with van der Waals surface area (Å²) in [5.74, 6) is 0.845. The summed E-state index contributed by atoms with van der Waals surface area (Å²) >= 11 is 1.76. The lowest BCUT2D eigenvalue weighted by molar-refractivity contribution is -0.142. The average Bonchev–Trinajstić information content (AvgIpc) is 3.02. The molecule has 25 heavy (non-hydrogen) atoms. The maximum atomic E-state index is 12.7. The second-order valence-corrected chi connectivity index (χ2v) is 8.34. The van der Waals surface area contributed by atoms with E-state index >= 15 is 0 Å². The molecule has 1 aliphatic carbocycles. The van der Waals surface area contributed by atoms with Crippen LogP contribution in [-0.2, 0) is 9.53 Å². The van der Waals surface area contributed by atoms with Gasteiger partial charge in [-0.1, -0.05) is 12.1 Å². The van der Waals surface area contributed by atoms with Gasteiger partial charge in [-0.3, -0.25) is 4.79 Å². The van der Waals surface area contributed by atoms with E-state index in [1.165, 1.54) is 10.5 Å². The number of rotatable bonds is 3. The first kappa shape index (κ1) is 16.8. The van der Waals surface area contributed by atoms with Gasteiger partial charge in [-0.05, 0) is 55.6 Å². The molecule has 1 saturated carbocycles. The molecule has 2 heterocycles. The van der Waals surface area contributed by atoms with Crippen molar-refractivity contribution in [2.45, 2.75) is 42.0 Å². The summed E-state index contributed by atoms with van der Waals surface area (Å²) in [5.41, 5.74) is 1.12. The molecular formula is C19H24N2O3S. The van der Waals surface area contributed by atoms with E-state index in [1.807, 2.05) is 4.90 Å². The maximum Gasteiger partial charge on any atom is 0.407 e. The number of nitrogens with one attached hydrogen (secondary N) is 1. The highest BCUT2D eigenvalue weighted by Crippen LogP contribution is 2.42. The van der Waals surface area contributed by atoms with Crippen LogP contribution in [0.5, 0.6) is 0 Å². The van der Waals surface area contributed by atoms with Crippen LogP contribution < -0.4 is 5.32 Å². The predicted molar refractivity (Wildman–Crippen MR) is 96.7 cm³/mol. The van der Waals surface area contributed by atoms with Gasteiger partial charge in [-0.25, -0.2) is 4.79 Å². The molecular weight excluding hydrogens is 336 g/mol. The van der Waals surface area contributed by atoms with E-state index in [4.69, 9.17) is 4.74 Å². The van der Waals surface area contributed by atoms with Crippen molar-refractivity contribution < 1.29 is 14.3 Å². The van der Waals surface area contributed by atoms with Gasteiger partial charge in [0.25, 0.3) is 0 Å². The molecule has 2 aliphatic heterocycles. The molecule has 3 fully saturated rings. The van der Waals surface area contributed by atoms with Crippen LogP contribution in [-0.4, -0.2) is 48.4 Å². The molecule has 3 aliphatic rings. The van der Waals surface area contributed by atoms with Gasteiger partial charge < -0.3 is 15.0 Å². The molecule has 1 N–H and O–H groups in total. The number of hydrogen-bond donors (Lipinski definition) is 1. The van der Waals surface area contributed by atoms with Gasteiger partial charge in [0.2, 0.25) is 5.91 Å². The van der Waals surface area contributed by atoms with E-state index in [0.29, 0.717) is 25.4 Å². The first-order valence-electron chi connectivity index (χ1n) is 8.96. The Morgan fingerprint density at radius 1 is 1.24 bits per heavy atom. The molecule has 1 spiro atoms. The van der Waals surface area contributed by atoms with Gasteiger partial charge in [0, 0.05) is 23.9 Å². The fourth-order valence-corrected chi connectivity index (χ4v) is 4.75. The second-order valence-electron chi connectivity index (χ2n) is 7.46. The first-order valence-corrected chi connectivity index (χ1v) is 10.2. The molecule has 2 amide bonds. The summed E-state index contributed by atoms with van der Waals surface area (Å²) < 4.78 is 4.99. The third-order valence-electron chi connectivity index (χ3n) is 5.86. The highest BCUT2D eigenvalue weighted by Gasteiger charge is 2.53. The monoisotopic (exact) mass is 360 g/mol.